The van der Waals surface area contributed by atoms with Gasteiger partial charge in [-0.25, -0.2) is 0 Å². The van der Waals surface area contributed by atoms with E-state index in [2.05, 4.69) is 10.1 Å². The molecule has 3 heterocycles. The van der Waals surface area contributed by atoms with E-state index in [-0.39, 0.29) is 5.91 Å². The smallest absolute Gasteiger partial charge is 0.254 e. The number of nitrogens with zero attached hydrogens (tertiary/aromatic N) is 4. The van der Waals surface area contributed by atoms with Gasteiger partial charge in [-0.1, -0.05) is 30.3 Å². The molecule has 5 rings (SSSR count). The van der Waals surface area contributed by atoms with Gasteiger partial charge in [0.15, 0.2) is 0 Å². The van der Waals surface area contributed by atoms with Crippen LogP contribution < -0.4 is 4.74 Å². The van der Waals surface area contributed by atoms with Crippen LogP contribution in [0.5, 0.6) is 5.75 Å². The molecule has 36 heavy (non-hydrogen) atoms. The minimum Gasteiger partial charge on any atom is -0.493 e. The second kappa shape index (κ2) is 11.6. The van der Waals surface area contributed by atoms with Crippen molar-refractivity contribution in [2.75, 3.05) is 19.8 Å². The van der Waals surface area contributed by atoms with Crippen molar-refractivity contribution >= 4 is 5.91 Å². The molecule has 1 amide bonds. The molecule has 2 aromatic carbocycles. The molecule has 0 N–H and O–H groups in total. The molecule has 1 unspecified atom stereocenters. The van der Waals surface area contributed by atoms with Crippen LogP contribution in [0.3, 0.4) is 0 Å². The van der Waals surface area contributed by atoms with Gasteiger partial charge in [-0.15, -0.1) is 0 Å². The van der Waals surface area contributed by atoms with Crippen LogP contribution >= 0.6 is 0 Å². The molecule has 0 spiro atoms. The van der Waals surface area contributed by atoms with E-state index in [4.69, 9.17) is 9.47 Å². The molecule has 1 aliphatic rings. The first kappa shape index (κ1) is 23.8. The van der Waals surface area contributed by atoms with Gasteiger partial charge in [-0.05, 0) is 60.0 Å². The number of aromatic nitrogens is 3. The molecule has 184 valence electrons. The Labute approximate surface area is 211 Å². The molecule has 1 fully saturated rings. The molecular formula is C29H30N4O3. The van der Waals surface area contributed by atoms with Gasteiger partial charge in [0.05, 0.1) is 32.0 Å². The summed E-state index contributed by atoms with van der Waals surface area (Å²) in [5.74, 6) is 1.20. The van der Waals surface area contributed by atoms with E-state index in [0.717, 1.165) is 42.2 Å². The highest BCUT2D eigenvalue weighted by Crippen LogP contribution is 2.20. The molecule has 1 saturated heterocycles. The normalized spacial score (nSPS) is 15.1. The Bertz CT molecular complexity index is 1250. The topological polar surface area (TPSA) is 69.5 Å². The lowest BCUT2D eigenvalue weighted by Crippen LogP contribution is -2.30. The van der Waals surface area contributed by atoms with Gasteiger partial charge in [0.2, 0.25) is 0 Å². The summed E-state index contributed by atoms with van der Waals surface area (Å²) in [6.07, 6.45) is 6.45. The molecule has 4 aromatic rings. The summed E-state index contributed by atoms with van der Waals surface area (Å²) in [7, 11) is 0. The maximum Gasteiger partial charge on any atom is 0.254 e. The first-order valence-corrected chi connectivity index (χ1v) is 12.3. The van der Waals surface area contributed by atoms with E-state index in [1.54, 1.807) is 12.4 Å². The lowest BCUT2D eigenvalue weighted by atomic mass is 10.1. The number of rotatable bonds is 10. The van der Waals surface area contributed by atoms with Crippen molar-refractivity contribution in [1.82, 2.24) is 19.7 Å². The van der Waals surface area contributed by atoms with Gasteiger partial charge in [0.25, 0.3) is 5.91 Å². The molecule has 0 saturated carbocycles. The van der Waals surface area contributed by atoms with Gasteiger partial charge < -0.3 is 14.4 Å². The van der Waals surface area contributed by atoms with Crippen molar-refractivity contribution < 1.29 is 14.3 Å². The number of hydrogen-bond donors (Lipinski definition) is 0. The van der Waals surface area contributed by atoms with E-state index in [1.165, 1.54) is 0 Å². The Balaban J connectivity index is 1.34. The number of hydrogen-bond acceptors (Lipinski definition) is 5. The summed E-state index contributed by atoms with van der Waals surface area (Å²) in [6, 6.07) is 23.4. The van der Waals surface area contributed by atoms with Gasteiger partial charge in [-0.3, -0.25) is 14.5 Å². The van der Waals surface area contributed by atoms with E-state index < -0.39 is 0 Å². The van der Waals surface area contributed by atoms with Crippen LogP contribution in [0.15, 0.2) is 91.4 Å². The quantitative estimate of drug-likeness (QED) is 0.331. The van der Waals surface area contributed by atoms with Crippen LogP contribution in [0, 0.1) is 5.92 Å². The monoisotopic (exact) mass is 482 g/mol. The second-order valence-electron chi connectivity index (χ2n) is 9.07. The highest BCUT2D eigenvalue weighted by molar-refractivity contribution is 5.94. The van der Waals surface area contributed by atoms with Crippen molar-refractivity contribution in [2.24, 2.45) is 5.92 Å². The summed E-state index contributed by atoms with van der Waals surface area (Å²) >= 11 is 0. The molecule has 1 aliphatic heterocycles. The van der Waals surface area contributed by atoms with E-state index in [0.29, 0.717) is 37.7 Å². The van der Waals surface area contributed by atoms with Crippen molar-refractivity contribution in [2.45, 2.75) is 26.1 Å². The number of amides is 1. The Morgan fingerprint density at radius 1 is 1.00 bits per heavy atom. The average Bonchev–Trinajstić information content (AvgIpc) is 3.62. The average molecular weight is 483 g/mol. The second-order valence-corrected chi connectivity index (χ2v) is 9.07. The van der Waals surface area contributed by atoms with Crippen LogP contribution in [0.4, 0.5) is 0 Å². The molecule has 0 bridgehead atoms. The minimum atomic E-state index is -0.0441. The third-order valence-electron chi connectivity index (χ3n) is 6.23. The molecule has 1 atom stereocenters. The standard InChI is InChI=1S/C29H30N4O3/c34-29(26-8-3-6-23(16-26)19-33-14-5-13-31-33)32(20-27-9-1-2-12-30-27)18-24-7-4-10-28(17-24)36-22-25-11-15-35-21-25/h1-10,12-14,16-17,25H,11,15,18-22H2. The zero-order valence-electron chi connectivity index (χ0n) is 20.2. The number of pyridine rings is 1. The van der Waals surface area contributed by atoms with Crippen LogP contribution in [0.1, 0.15) is 33.6 Å². The van der Waals surface area contributed by atoms with E-state index >= 15 is 0 Å². The van der Waals surface area contributed by atoms with Crippen molar-refractivity contribution in [1.29, 1.82) is 0 Å². The molecule has 0 radical (unpaired) electrons. The van der Waals surface area contributed by atoms with Crippen molar-refractivity contribution in [3.63, 3.8) is 0 Å². The predicted molar refractivity (Wildman–Crippen MR) is 136 cm³/mol. The summed E-state index contributed by atoms with van der Waals surface area (Å²) in [5, 5.41) is 4.28. The lowest BCUT2D eigenvalue weighted by Gasteiger charge is -2.23. The fourth-order valence-electron chi connectivity index (χ4n) is 4.34. The SMILES string of the molecule is O=C(c1cccc(Cn2cccn2)c1)N(Cc1cccc(OCC2CCOC2)c1)Cc1ccccn1. The van der Waals surface area contributed by atoms with Crippen LogP contribution in [-0.2, 0) is 24.4 Å². The number of carbonyl (C=O) groups excluding carboxylic acids is 1. The first-order valence-electron chi connectivity index (χ1n) is 12.3. The first-order chi connectivity index (χ1) is 17.7. The Hall–Kier alpha value is -3.97. The third kappa shape index (κ3) is 6.37. The van der Waals surface area contributed by atoms with E-state index in [1.807, 2.05) is 88.6 Å². The van der Waals surface area contributed by atoms with Crippen LogP contribution in [0.25, 0.3) is 0 Å². The van der Waals surface area contributed by atoms with E-state index in [9.17, 15) is 4.79 Å². The number of ether oxygens (including phenoxy) is 2. The summed E-state index contributed by atoms with van der Waals surface area (Å²) in [4.78, 5) is 20.0. The molecular weight excluding hydrogens is 452 g/mol. The fraction of sp³-hybridized carbons (Fsp3) is 0.276. The zero-order valence-corrected chi connectivity index (χ0v) is 20.2. The van der Waals surface area contributed by atoms with Crippen LogP contribution in [-0.4, -0.2) is 45.4 Å². The maximum atomic E-state index is 13.7. The third-order valence-corrected chi connectivity index (χ3v) is 6.23. The minimum absolute atomic E-state index is 0.0441. The van der Waals surface area contributed by atoms with Gasteiger partial charge >= 0.3 is 0 Å². The van der Waals surface area contributed by atoms with Gasteiger partial charge in [-0.2, -0.15) is 5.10 Å². The molecule has 0 aliphatic carbocycles. The molecule has 7 heteroatoms. The van der Waals surface area contributed by atoms with Crippen molar-refractivity contribution in [3.05, 3.63) is 114 Å². The maximum absolute atomic E-state index is 13.7. The summed E-state index contributed by atoms with van der Waals surface area (Å²) < 4.78 is 13.3. The van der Waals surface area contributed by atoms with Crippen LogP contribution in [0.2, 0.25) is 0 Å². The Kier molecular flexibility index (Phi) is 7.68. The number of benzene rings is 2. The Morgan fingerprint density at radius 3 is 2.72 bits per heavy atom. The fourth-order valence-corrected chi connectivity index (χ4v) is 4.34. The Morgan fingerprint density at radius 2 is 1.92 bits per heavy atom. The van der Waals surface area contributed by atoms with Crippen molar-refractivity contribution in [3.8, 4) is 5.75 Å². The summed E-state index contributed by atoms with van der Waals surface area (Å²) in [5.41, 5.74) is 3.51. The summed E-state index contributed by atoms with van der Waals surface area (Å²) in [6.45, 7) is 3.67. The number of carbonyl (C=O) groups is 1. The molecule has 7 nitrogen and oxygen atoms in total. The highest BCUT2D eigenvalue weighted by atomic mass is 16.5. The lowest BCUT2D eigenvalue weighted by molar-refractivity contribution is 0.0727. The largest absolute Gasteiger partial charge is 0.493 e. The highest BCUT2D eigenvalue weighted by Gasteiger charge is 2.19. The zero-order chi connectivity index (χ0) is 24.6. The van der Waals surface area contributed by atoms with Gasteiger partial charge in [0.1, 0.15) is 5.75 Å². The van der Waals surface area contributed by atoms with Gasteiger partial charge in [0, 0.05) is 43.2 Å². The molecule has 2 aromatic heterocycles. The predicted octanol–water partition coefficient (Wildman–Crippen LogP) is 4.58.